The Hall–Kier alpha value is -2.78. The summed E-state index contributed by atoms with van der Waals surface area (Å²) in [6, 6.07) is 5.03. The molecule has 0 bridgehead atoms. The second kappa shape index (κ2) is 8.76. The zero-order valence-corrected chi connectivity index (χ0v) is 19.0. The van der Waals surface area contributed by atoms with Crippen molar-refractivity contribution in [2.75, 3.05) is 26.7 Å². The second-order valence-electron chi connectivity index (χ2n) is 8.41. The summed E-state index contributed by atoms with van der Waals surface area (Å²) in [5.41, 5.74) is 0.444. The summed E-state index contributed by atoms with van der Waals surface area (Å²) in [4.78, 5) is 38.6. The summed E-state index contributed by atoms with van der Waals surface area (Å²) in [6.07, 6.45) is 0.902. The molecule has 2 amide bonds. The van der Waals surface area contributed by atoms with Gasteiger partial charge in [0.15, 0.2) is 0 Å². The Kier molecular flexibility index (Phi) is 6.47. The Bertz CT molecular complexity index is 994. The van der Waals surface area contributed by atoms with Crippen LogP contribution in [-0.4, -0.2) is 64.2 Å². The lowest BCUT2D eigenvalue weighted by Gasteiger charge is -2.41. The minimum atomic E-state index is -0.826. The number of carbonyl (C=O) groups excluding carboxylic acids is 2. The topological polar surface area (TPSA) is 107 Å². The smallest absolute Gasteiger partial charge is 0.410 e. The molecule has 0 radical (unpaired) electrons. The molecule has 1 aliphatic heterocycles. The number of hydrogen-bond donors (Lipinski definition) is 1. The first-order valence-electron chi connectivity index (χ1n) is 9.85. The third kappa shape index (κ3) is 5.48. The molecule has 0 aromatic carbocycles. The Morgan fingerprint density at radius 2 is 1.97 bits per heavy atom. The maximum atomic E-state index is 12.6. The van der Waals surface area contributed by atoms with Gasteiger partial charge in [0.25, 0.3) is 5.91 Å². The van der Waals surface area contributed by atoms with E-state index in [4.69, 9.17) is 21.1 Å². The van der Waals surface area contributed by atoms with Gasteiger partial charge in [-0.1, -0.05) is 11.6 Å². The van der Waals surface area contributed by atoms with Gasteiger partial charge in [-0.05, 0) is 51.5 Å². The molecule has 1 saturated heterocycles. The van der Waals surface area contributed by atoms with Crippen molar-refractivity contribution in [3.8, 4) is 11.4 Å². The first-order valence-corrected chi connectivity index (χ1v) is 10.2. The summed E-state index contributed by atoms with van der Waals surface area (Å²) < 4.78 is 11.6. The van der Waals surface area contributed by atoms with Crippen LogP contribution in [0.4, 0.5) is 4.79 Å². The maximum Gasteiger partial charge on any atom is 0.410 e. The van der Waals surface area contributed by atoms with E-state index in [0.717, 1.165) is 5.56 Å². The van der Waals surface area contributed by atoms with E-state index in [1.807, 2.05) is 27.7 Å². The molecule has 0 saturated carbocycles. The number of nitrogens with zero attached hydrogens (tertiary/aromatic N) is 4. The average Bonchev–Trinajstić information content (AvgIpc) is 2.71. The van der Waals surface area contributed by atoms with Crippen molar-refractivity contribution >= 4 is 23.6 Å². The van der Waals surface area contributed by atoms with Crippen LogP contribution in [0, 0.1) is 0 Å². The predicted molar refractivity (Wildman–Crippen MR) is 115 cm³/mol. The molecule has 2 aromatic rings. The number of amides is 2. The lowest BCUT2D eigenvalue weighted by Crippen LogP contribution is -2.51. The molecule has 1 N–H and O–H groups in total. The zero-order valence-electron chi connectivity index (χ0n) is 18.2. The van der Waals surface area contributed by atoms with Crippen LogP contribution in [0.15, 0.2) is 24.5 Å². The number of carbonyl (C=O) groups is 2. The van der Waals surface area contributed by atoms with Crippen LogP contribution in [0.5, 0.6) is 0 Å². The molecule has 31 heavy (non-hydrogen) atoms. The molecule has 166 valence electrons. The van der Waals surface area contributed by atoms with E-state index in [-0.39, 0.29) is 23.3 Å². The van der Waals surface area contributed by atoms with E-state index in [2.05, 4.69) is 20.3 Å². The van der Waals surface area contributed by atoms with Gasteiger partial charge in [0.05, 0.1) is 24.5 Å². The van der Waals surface area contributed by atoms with Crippen LogP contribution < -0.4 is 5.32 Å². The van der Waals surface area contributed by atoms with Gasteiger partial charge in [-0.15, -0.1) is 0 Å². The molecule has 0 spiro atoms. The fourth-order valence-electron chi connectivity index (χ4n) is 3.21. The van der Waals surface area contributed by atoms with Crippen molar-refractivity contribution in [2.45, 2.75) is 38.9 Å². The van der Waals surface area contributed by atoms with Crippen LogP contribution in [-0.2, 0) is 15.1 Å². The maximum absolute atomic E-state index is 12.6. The number of aromatic nitrogens is 3. The molecular formula is C21H26ClN5O4. The second-order valence-corrected chi connectivity index (χ2v) is 8.80. The highest BCUT2D eigenvalue weighted by atomic mass is 35.5. The lowest BCUT2D eigenvalue weighted by atomic mass is 9.93. The number of morpholine rings is 1. The highest BCUT2D eigenvalue weighted by Gasteiger charge is 2.38. The molecule has 0 aliphatic carbocycles. The standard InChI is InChI=1S/C21H26ClN5O4/c1-20(2,3)31-19(29)27-6-7-30-21(4,11-27)13-8-15(26-17(22)9-13)14-10-16(18(28)23-5)25-12-24-14/h8-10,12H,6-7,11H2,1-5H3,(H,23,28). The molecule has 1 aliphatic rings. The molecule has 10 heteroatoms. The fourth-order valence-corrected chi connectivity index (χ4v) is 3.42. The van der Waals surface area contributed by atoms with E-state index < -0.39 is 17.3 Å². The minimum absolute atomic E-state index is 0.215. The highest BCUT2D eigenvalue weighted by Crippen LogP contribution is 2.33. The molecule has 3 heterocycles. The van der Waals surface area contributed by atoms with Crippen LogP contribution in [0.3, 0.4) is 0 Å². The molecule has 9 nitrogen and oxygen atoms in total. The van der Waals surface area contributed by atoms with Crippen LogP contribution in [0.2, 0.25) is 5.15 Å². The highest BCUT2D eigenvalue weighted by molar-refractivity contribution is 6.29. The van der Waals surface area contributed by atoms with Gasteiger partial charge in [-0.2, -0.15) is 0 Å². The first-order chi connectivity index (χ1) is 14.5. The molecule has 2 aromatic heterocycles. The van der Waals surface area contributed by atoms with E-state index in [1.165, 1.54) is 13.4 Å². The van der Waals surface area contributed by atoms with E-state index in [1.54, 1.807) is 23.1 Å². The Balaban J connectivity index is 1.92. The average molecular weight is 448 g/mol. The number of pyridine rings is 1. The summed E-state index contributed by atoms with van der Waals surface area (Å²) >= 11 is 6.30. The third-order valence-electron chi connectivity index (χ3n) is 4.72. The van der Waals surface area contributed by atoms with Crippen LogP contribution in [0.1, 0.15) is 43.7 Å². The largest absolute Gasteiger partial charge is 0.444 e. The predicted octanol–water partition coefficient (Wildman–Crippen LogP) is 3.03. The van der Waals surface area contributed by atoms with Crippen molar-refractivity contribution < 1.29 is 19.1 Å². The molecule has 1 unspecified atom stereocenters. The molecule has 3 rings (SSSR count). The summed E-state index contributed by atoms with van der Waals surface area (Å²) in [6.45, 7) is 8.43. The van der Waals surface area contributed by atoms with Crippen molar-refractivity contribution in [3.05, 3.63) is 40.9 Å². The first kappa shape index (κ1) is 22.9. The van der Waals surface area contributed by atoms with Gasteiger partial charge in [0.2, 0.25) is 0 Å². The number of ether oxygens (including phenoxy) is 2. The quantitative estimate of drug-likeness (QED) is 0.720. The van der Waals surface area contributed by atoms with Gasteiger partial charge in [0, 0.05) is 13.6 Å². The molecule has 1 fully saturated rings. The SMILES string of the molecule is CNC(=O)c1cc(-c2cc(C3(C)CN(C(=O)OC(C)(C)C)CCO3)cc(Cl)n2)ncn1. The minimum Gasteiger partial charge on any atom is -0.444 e. The van der Waals surface area contributed by atoms with Gasteiger partial charge in [-0.3, -0.25) is 4.79 Å². The van der Waals surface area contributed by atoms with Crippen LogP contribution in [0.25, 0.3) is 11.4 Å². The summed E-state index contributed by atoms with van der Waals surface area (Å²) in [5.74, 6) is -0.332. The Labute approximate surface area is 186 Å². The van der Waals surface area contributed by atoms with Crippen molar-refractivity contribution in [1.82, 2.24) is 25.2 Å². The number of nitrogens with one attached hydrogen (secondary N) is 1. The third-order valence-corrected chi connectivity index (χ3v) is 4.91. The number of rotatable bonds is 3. The number of hydrogen-bond acceptors (Lipinski definition) is 7. The Morgan fingerprint density at radius 1 is 1.23 bits per heavy atom. The van der Waals surface area contributed by atoms with Gasteiger partial charge >= 0.3 is 6.09 Å². The van der Waals surface area contributed by atoms with E-state index in [9.17, 15) is 9.59 Å². The van der Waals surface area contributed by atoms with Crippen molar-refractivity contribution in [1.29, 1.82) is 0 Å². The van der Waals surface area contributed by atoms with E-state index >= 15 is 0 Å². The monoisotopic (exact) mass is 447 g/mol. The fraction of sp³-hybridized carbons (Fsp3) is 0.476. The van der Waals surface area contributed by atoms with Crippen molar-refractivity contribution in [3.63, 3.8) is 0 Å². The summed E-state index contributed by atoms with van der Waals surface area (Å²) in [5, 5.41) is 2.77. The van der Waals surface area contributed by atoms with Gasteiger partial charge < -0.3 is 19.7 Å². The van der Waals surface area contributed by atoms with Crippen molar-refractivity contribution in [2.24, 2.45) is 0 Å². The number of halogens is 1. The molecular weight excluding hydrogens is 422 g/mol. The summed E-state index contributed by atoms with van der Waals surface area (Å²) in [7, 11) is 1.53. The van der Waals surface area contributed by atoms with Crippen LogP contribution >= 0.6 is 11.6 Å². The lowest BCUT2D eigenvalue weighted by molar-refractivity contribution is -0.103. The normalized spacial score (nSPS) is 19.1. The van der Waals surface area contributed by atoms with Gasteiger partial charge in [-0.25, -0.2) is 19.7 Å². The Morgan fingerprint density at radius 3 is 2.65 bits per heavy atom. The van der Waals surface area contributed by atoms with E-state index in [0.29, 0.717) is 24.5 Å². The van der Waals surface area contributed by atoms with Gasteiger partial charge in [0.1, 0.15) is 28.4 Å². The zero-order chi connectivity index (χ0) is 22.8. The molecule has 1 atom stereocenters.